The van der Waals surface area contributed by atoms with Gasteiger partial charge in [-0.3, -0.25) is 14.3 Å². The van der Waals surface area contributed by atoms with Crippen LogP contribution in [0.5, 0.6) is 0 Å². The predicted molar refractivity (Wildman–Crippen MR) is 128 cm³/mol. The molecule has 0 spiro atoms. The second-order valence-corrected chi connectivity index (χ2v) is 8.95. The minimum atomic E-state index is -0.0491. The number of benzene rings is 1. The zero-order valence-electron chi connectivity index (χ0n) is 19.4. The second-order valence-electron chi connectivity index (χ2n) is 8.95. The monoisotopic (exact) mass is 435 g/mol. The maximum absolute atomic E-state index is 12.3. The molecule has 1 aliphatic heterocycles. The number of fused-ring (bicyclic) bond motifs is 1. The largest absolute Gasteiger partial charge is 0.379 e. The first-order valence-corrected chi connectivity index (χ1v) is 11.5. The molecule has 1 saturated heterocycles. The van der Waals surface area contributed by atoms with Crippen molar-refractivity contribution in [1.29, 1.82) is 0 Å². The first-order valence-electron chi connectivity index (χ1n) is 11.5. The smallest absolute Gasteiger partial charge is 0.252 e. The van der Waals surface area contributed by atoms with E-state index in [4.69, 9.17) is 4.74 Å². The minimum Gasteiger partial charge on any atom is -0.379 e. The lowest BCUT2D eigenvalue weighted by Crippen LogP contribution is -2.38. The van der Waals surface area contributed by atoms with Gasteiger partial charge in [0.2, 0.25) is 5.95 Å². The van der Waals surface area contributed by atoms with Gasteiger partial charge in [0.25, 0.3) is 5.56 Å². The van der Waals surface area contributed by atoms with Crippen LogP contribution in [0.4, 0.5) is 5.95 Å². The summed E-state index contributed by atoms with van der Waals surface area (Å²) in [6, 6.07) is 12.2. The third kappa shape index (κ3) is 5.00. The van der Waals surface area contributed by atoms with Crippen molar-refractivity contribution in [2.24, 2.45) is 0 Å². The van der Waals surface area contributed by atoms with Crippen LogP contribution >= 0.6 is 0 Å². The average molecular weight is 436 g/mol. The lowest BCUT2D eigenvalue weighted by Gasteiger charge is -2.29. The molecule has 1 unspecified atom stereocenters. The minimum absolute atomic E-state index is 0.0263. The fourth-order valence-electron chi connectivity index (χ4n) is 4.27. The Balaban J connectivity index is 1.46. The number of nitrogens with one attached hydrogen (secondary N) is 1. The molecule has 7 heteroatoms. The number of anilines is 1. The van der Waals surface area contributed by atoms with Crippen molar-refractivity contribution in [3.63, 3.8) is 0 Å². The lowest BCUT2D eigenvalue weighted by molar-refractivity contribution is 0.0357. The fourth-order valence-corrected chi connectivity index (χ4v) is 4.27. The maximum Gasteiger partial charge on any atom is 0.252 e. The molecule has 0 aliphatic carbocycles. The Bertz CT molecular complexity index is 1100. The standard InChI is InChI=1S/C25H33N5O2/c1-17(2)30-23(31)10-9-22-15-26-25(28-24(22)30)27-19(4)21-7-5-20(6-8-21)18(3)16-29-11-13-32-14-12-29/h5-10,15,17-19H,11-14,16H2,1-4H3,(H,26,27,28)/t18?,19-/m0/s1. The van der Waals surface area contributed by atoms with E-state index in [2.05, 4.69) is 58.3 Å². The van der Waals surface area contributed by atoms with Crippen molar-refractivity contribution >= 4 is 17.0 Å². The van der Waals surface area contributed by atoms with Crippen LogP contribution in [0.2, 0.25) is 0 Å². The number of ether oxygens (including phenoxy) is 1. The van der Waals surface area contributed by atoms with Crippen LogP contribution < -0.4 is 10.9 Å². The Morgan fingerprint density at radius 1 is 1.00 bits per heavy atom. The second kappa shape index (κ2) is 9.79. The predicted octanol–water partition coefficient (Wildman–Crippen LogP) is 3.98. The van der Waals surface area contributed by atoms with Crippen LogP contribution in [0, 0.1) is 0 Å². The summed E-state index contributed by atoms with van der Waals surface area (Å²) < 4.78 is 7.16. The number of rotatable bonds is 7. The molecule has 1 aliphatic rings. The summed E-state index contributed by atoms with van der Waals surface area (Å²) in [5.74, 6) is 0.997. The van der Waals surface area contributed by atoms with E-state index in [1.54, 1.807) is 22.9 Å². The molecule has 170 valence electrons. The molecule has 32 heavy (non-hydrogen) atoms. The highest BCUT2D eigenvalue weighted by Crippen LogP contribution is 2.23. The topological polar surface area (TPSA) is 72.3 Å². The third-order valence-electron chi connectivity index (χ3n) is 6.17. The van der Waals surface area contributed by atoms with Crippen LogP contribution in [0.1, 0.15) is 56.8 Å². The van der Waals surface area contributed by atoms with Crippen LogP contribution in [0.3, 0.4) is 0 Å². The maximum atomic E-state index is 12.3. The van der Waals surface area contributed by atoms with Gasteiger partial charge in [0.15, 0.2) is 0 Å². The molecule has 2 aromatic heterocycles. The van der Waals surface area contributed by atoms with E-state index in [9.17, 15) is 4.79 Å². The summed E-state index contributed by atoms with van der Waals surface area (Å²) in [6.45, 7) is 13.1. The zero-order valence-corrected chi connectivity index (χ0v) is 19.4. The summed E-state index contributed by atoms with van der Waals surface area (Å²) in [6.07, 6.45) is 1.77. The quantitative estimate of drug-likeness (QED) is 0.605. The SMILES string of the molecule is CC(CN1CCOCC1)c1ccc([C@H](C)Nc2ncc3ccc(=O)n(C(C)C)c3n2)cc1. The van der Waals surface area contributed by atoms with Crippen LogP contribution in [0.15, 0.2) is 47.4 Å². The van der Waals surface area contributed by atoms with Crippen LogP contribution in [-0.2, 0) is 4.74 Å². The highest BCUT2D eigenvalue weighted by atomic mass is 16.5. The highest BCUT2D eigenvalue weighted by Gasteiger charge is 2.16. The average Bonchev–Trinajstić information content (AvgIpc) is 2.79. The Morgan fingerprint density at radius 3 is 2.38 bits per heavy atom. The molecule has 1 fully saturated rings. The molecular weight excluding hydrogens is 402 g/mol. The molecule has 1 aromatic carbocycles. The molecule has 7 nitrogen and oxygen atoms in total. The number of morpholine rings is 1. The summed E-state index contributed by atoms with van der Waals surface area (Å²) in [4.78, 5) is 23.9. The third-order valence-corrected chi connectivity index (χ3v) is 6.17. The van der Waals surface area contributed by atoms with Gasteiger partial charge >= 0.3 is 0 Å². The molecule has 3 aromatic rings. The zero-order chi connectivity index (χ0) is 22.7. The van der Waals surface area contributed by atoms with Gasteiger partial charge < -0.3 is 10.1 Å². The number of aromatic nitrogens is 3. The van der Waals surface area contributed by atoms with E-state index in [0.29, 0.717) is 17.5 Å². The molecule has 4 rings (SSSR count). The molecule has 0 bridgehead atoms. The van der Waals surface area contributed by atoms with Gasteiger partial charge in [0.05, 0.1) is 19.3 Å². The van der Waals surface area contributed by atoms with Gasteiger partial charge in [-0.15, -0.1) is 0 Å². The Morgan fingerprint density at radius 2 is 1.69 bits per heavy atom. The summed E-state index contributed by atoms with van der Waals surface area (Å²) >= 11 is 0. The van der Waals surface area contributed by atoms with Crippen LogP contribution in [-0.4, -0.2) is 52.3 Å². The van der Waals surface area contributed by atoms with E-state index in [1.165, 1.54) is 11.1 Å². The first kappa shape index (κ1) is 22.4. The number of pyridine rings is 1. The Kier molecular flexibility index (Phi) is 6.86. The number of nitrogens with zero attached hydrogens (tertiary/aromatic N) is 4. The van der Waals surface area contributed by atoms with E-state index >= 15 is 0 Å². The molecular formula is C25H33N5O2. The van der Waals surface area contributed by atoms with Crippen molar-refractivity contribution in [2.75, 3.05) is 38.2 Å². The summed E-state index contributed by atoms with van der Waals surface area (Å²) in [7, 11) is 0. The summed E-state index contributed by atoms with van der Waals surface area (Å²) in [5.41, 5.74) is 3.12. The van der Waals surface area contributed by atoms with Crippen molar-refractivity contribution in [1.82, 2.24) is 19.4 Å². The Hall–Kier alpha value is -2.77. The molecule has 0 radical (unpaired) electrons. The van der Waals surface area contributed by atoms with E-state index in [0.717, 1.165) is 38.2 Å². The molecule has 0 saturated carbocycles. The molecule has 2 atom stereocenters. The van der Waals surface area contributed by atoms with Gasteiger partial charge in [0, 0.05) is 43.3 Å². The normalized spacial score (nSPS) is 16.9. The Labute approximate surface area is 189 Å². The van der Waals surface area contributed by atoms with Gasteiger partial charge in [-0.1, -0.05) is 31.2 Å². The van der Waals surface area contributed by atoms with Crippen LogP contribution in [0.25, 0.3) is 11.0 Å². The van der Waals surface area contributed by atoms with E-state index < -0.39 is 0 Å². The van der Waals surface area contributed by atoms with Gasteiger partial charge in [-0.05, 0) is 43.9 Å². The summed E-state index contributed by atoms with van der Waals surface area (Å²) in [5, 5.41) is 4.25. The van der Waals surface area contributed by atoms with Gasteiger partial charge in [0.1, 0.15) is 5.65 Å². The van der Waals surface area contributed by atoms with Crippen molar-refractivity contribution in [3.05, 3.63) is 64.1 Å². The molecule has 1 N–H and O–H groups in total. The van der Waals surface area contributed by atoms with Gasteiger partial charge in [-0.25, -0.2) is 4.98 Å². The highest BCUT2D eigenvalue weighted by molar-refractivity contribution is 5.75. The van der Waals surface area contributed by atoms with Crippen molar-refractivity contribution < 1.29 is 4.74 Å². The molecule has 0 amide bonds. The lowest BCUT2D eigenvalue weighted by atomic mass is 9.97. The number of hydrogen-bond acceptors (Lipinski definition) is 6. The first-order chi connectivity index (χ1) is 15.4. The van der Waals surface area contributed by atoms with Gasteiger partial charge in [-0.2, -0.15) is 4.98 Å². The fraction of sp³-hybridized carbons (Fsp3) is 0.480. The van der Waals surface area contributed by atoms with Crippen molar-refractivity contribution in [2.45, 2.75) is 45.7 Å². The van der Waals surface area contributed by atoms with Crippen molar-refractivity contribution in [3.8, 4) is 0 Å². The molecule has 3 heterocycles. The van der Waals surface area contributed by atoms with E-state index in [1.807, 2.05) is 13.8 Å². The van der Waals surface area contributed by atoms with E-state index in [-0.39, 0.29) is 17.6 Å². The number of hydrogen-bond donors (Lipinski definition) is 1.